The second-order valence-corrected chi connectivity index (χ2v) is 10.1. The highest BCUT2D eigenvalue weighted by atomic mass is 16.5. The lowest BCUT2D eigenvalue weighted by atomic mass is 9.86. The number of fused-ring (bicyclic) bond motifs is 3. The molecule has 6 heteroatoms. The first-order chi connectivity index (χ1) is 15.6. The molecule has 0 bridgehead atoms. The summed E-state index contributed by atoms with van der Waals surface area (Å²) in [7, 11) is 0. The highest BCUT2D eigenvalue weighted by Crippen LogP contribution is 2.30. The molecule has 174 valence electrons. The zero-order valence-corrected chi connectivity index (χ0v) is 19.7. The van der Waals surface area contributed by atoms with Crippen LogP contribution in [0.25, 0.3) is 10.9 Å². The number of ether oxygens (including phenoxy) is 1. The van der Waals surface area contributed by atoms with Gasteiger partial charge in [-0.3, -0.25) is 9.69 Å². The predicted octanol–water partition coefficient (Wildman–Crippen LogP) is 3.26. The third-order valence-corrected chi connectivity index (χ3v) is 7.93. The Labute approximate surface area is 191 Å². The highest BCUT2D eigenvalue weighted by Gasteiger charge is 2.35. The Morgan fingerprint density at radius 2 is 1.97 bits per heavy atom. The number of nitrogens with one attached hydrogen (secondary N) is 1. The molecule has 2 atom stereocenters. The number of benzene rings is 1. The quantitative estimate of drug-likeness (QED) is 0.779. The number of piperidine rings is 1. The van der Waals surface area contributed by atoms with Gasteiger partial charge in [0.15, 0.2) is 0 Å². The lowest BCUT2D eigenvalue weighted by Gasteiger charge is -2.46. The van der Waals surface area contributed by atoms with Crippen LogP contribution in [0.3, 0.4) is 0 Å². The number of aromatic nitrogens is 1. The molecule has 0 aliphatic carbocycles. The van der Waals surface area contributed by atoms with Gasteiger partial charge in [0.25, 0.3) is 0 Å². The SMILES string of the molecule is CC(C)N1CC[C@@H](N2CCOCC2)[C@@H](CCC(=O)N2CCc3c([nH]c4ccccc34)C2)C1. The van der Waals surface area contributed by atoms with E-state index in [0.29, 0.717) is 30.3 Å². The first-order valence-corrected chi connectivity index (χ1v) is 12.5. The summed E-state index contributed by atoms with van der Waals surface area (Å²) < 4.78 is 5.60. The molecule has 5 rings (SSSR count). The van der Waals surface area contributed by atoms with E-state index in [1.165, 1.54) is 35.1 Å². The van der Waals surface area contributed by atoms with E-state index in [4.69, 9.17) is 4.74 Å². The van der Waals surface area contributed by atoms with Crippen LogP contribution >= 0.6 is 0 Å². The second kappa shape index (κ2) is 9.54. The number of H-pyrrole nitrogens is 1. The Balaban J connectivity index is 1.23. The molecule has 2 saturated heterocycles. The topological polar surface area (TPSA) is 51.8 Å². The predicted molar refractivity (Wildman–Crippen MR) is 128 cm³/mol. The maximum absolute atomic E-state index is 13.2. The molecule has 0 unspecified atom stereocenters. The number of carbonyl (C=O) groups excluding carboxylic acids is 1. The molecule has 3 aliphatic rings. The van der Waals surface area contributed by atoms with Crippen molar-refractivity contribution >= 4 is 16.8 Å². The van der Waals surface area contributed by atoms with E-state index >= 15 is 0 Å². The summed E-state index contributed by atoms with van der Waals surface area (Å²) in [5.74, 6) is 0.873. The third kappa shape index (κ3) is 4.45. The van der Waals surface area contributed by atoms with Crippen LogP contribution in [-0.4, -0.2) is 83.6 Å². The fraction of sp³-hybridized carbons (Fsp3) is 0.654. The van der Waals surface area contributed by atoms with Crippen molar-refractivity contribution in [2.75, 3.05) is 45.9 Å². The molecule has 1 aromatic heterocycles. The van der Waals surface area contributed by atoms with Crippen molar-refractivity contribution in [3.05, 3.63) is 35.5 Å². The van der Waals surface area contributed by atoms with Crippen LogP contribution in [0.15, 0.2) is 24.3 Å². The van der Waals surface area contributed by atoms with Gasteiger partial charge in [0.2, 0.25) is 5.91 Å². The number of nitrogens with zero attached hydrogens (tertiary/aromatic N) is 3. The fourth-order valence-electron chi connectivity index (χ4n) is 6.06. The van der Waals surface area contributed by atoms with E-state index in [-0.39, 0.29) is 0 Å². The van der Waals surface area contributed by atoms with Crippen LogP contribution in [0.5, 0.6) is 0 Å². The van der Waals surface area contributed by atoms with Gasteiger partial charge in [0.1, 0.15) is 0 Å². The van der Waals surface area contributed by atoms with Crippen molar-refractivity contribution in [2.45, 2.75) is 58.2 Å². The zero-order valence-electron chi connectivity index (χ0n) is 19.7. The van der Waals surface area contributed by atoms with Gasteiger partial charge in [-0.05, 0) is 57.2 Å². The van der Waals surface area contributed by atoms with Crippen LogP contribution in [0, 0.1) is 5.92 Å². The van der Waals surface area contributed by atoms with Gasteiger partial charge in [-0.25, -0.2) is 0 Å². The molecule has 1 amide bonds. The van der Waals surface area contributed by atoms with Gasteiger partial charge >= 0.3 is 0 Å². The number of rotatable bonds is 5. The van der Waals surface area contributed by atoms with Crippen molar-refractivity contribution in [1.82, 2.24) is 19.7 Å². The summed E-state index contributed by atoms with van der Waals surface area (Å²) in [5, 5.41) is 1.32. The molecular formula is C26H38N4O2. The highest BCUT2D eigenvalue weighted by molar-refractivity contribution is 5.85. The second-order valence-electron chi connectivity index (χ2n) is 10.1. The Kier molecular flexibility index (Phi) is 6.54. The summed E-state index contributed by atoms with van der Waals surface area (Å²) in [5.41, 5.74) is 3.81. The molecule has 1 aromatic carbocycles. The molecule has 1 N–H and O–H groups in total. The van der Waals surface area contributed by atoms with Crippen molar-refractivity contribution < 1.29 is 9.53 Å². The molecule has 0 spiro atoms. The van der Waals surface area contributed by atoms with Gasteiger partial charge in [-0.1, -0.05) is 18.2 Å². The third-order valence-electron chi connectivity index (χ3n) is 7.93. The summed E-state index contributed by atoms with van der Waals surface area (Å²) in [4.78, 5) is 24.1. The normalized spacial score (nSPS) is 25.4. The number of amides is 1. The van der Waals surface area contributed by atoms with Crippen LogP contribution in [0.1, 0.15) is 44.4 Å². The Hall–Kier alpha value is -1.89. The molecule has 4 heterocycles. The van der Waals surface area contributed by atoms with Gasteiger partial charge in [0, 0.05) is 61.3 Å². The standard InChI is InChI=1S/C26H38N4O2/c1-19(2)29-12-10-25(28-13-15-32-16-14-28)20(17-29)7-8-26(31)30-11-9-22-21-5-3-4-6-23(21)27-24(22)18-30/h3-6,19-20,25,27H,7-18H2,1-2H3/t20-,25+/m0/s1. The fourth-order valence-corrected chi connectivity index (χ4v) is 6.06. The van der Waals surface area contributed by atoms with Gasteiger partial charge in [-0.15, -0.1) is 0 Å². The molecule has 0 radical (unpaired) electrons. The maximum atomic E-state index is 13.2. The summed E-state index contributed by atoms with van der Waals surface area (Å²) in [6, 6.07) is 9.66. The van der Waals surface area contributed by atoms with E-state index in [2.05, 4.69) is 57.8 Å². The summed E-state index contributed by atoms with van der Waals surface area (Å²) in [6.45, 7) is 12.2. The van der Waals surface area contributed by atoms with Crippen molar-refractivity contribution in [2.24, 2.45) is 5.92 Å². The number of para-hydroxylation sites is 1. The van der Waals surface area contributed by atoms with Crippen molar-refractivity contribution in [3.63, 3.8) is 0 Å². The molecule has 6 nitrogen and oxygen atoms in total. The molecular weight excluding hydrogens is 400 g/mol. The Bertz CT molecular complexity index is 933. The zero-order chi connectivity index (χ0) is 22.1. The van der Waals surface area contributed by atoms with E-state index in [9.17, 15) is 4.79 Å². The molecule has 2 aromatic rings. The monoisotopic (exact) mass is 438 g/mol. The number of hydrogen-bond donors (Lipinski definition) is 1. The first kappa shape index (κ1) is 21.9. The average molecular weight is 439 g/mol. The Morgan fingerprint density at radius 1 is 1.16 bits per heavy atom. The minimum atomic E-state index is 0.316. The van der Waals surface area contributed by atoms with Crippen LogP contribution < -0.4 is 0 Å². The summed E-state index contributed by atoms with van der Waals surface area (Å²) in [6.07, 6.45) is 3.80. The first-order valence-electron chi connectivity index (χ1n) is 12.5. The number of likely N-dealkylation sites (tertiary alicyclic amines) is 1. The Morgan fingerprint density at radius 3 is 2.78 bits per heavy atom. The lowest BCUT2D eigenvalue weighted by Crippen LogP contribution is -2.55. The molecule has 2 fully saturated rings. The minimum absolute atomic E-state index is 0.316. The van der Waals surface area contributed by atoms with E-state index in [0.717, 1.165) is 58.8 Å². The molecule has 3 aliphatic heterocycles. The number of morpholine rings is 1. The minimum Gasteiger partial charge on any atom is -0.379 e. The summed E-state index contributed by atoms with van der Waals surface area (Å²) >= 11 is 0. The lowest BCUT2D eigenvalue weighted by molar-refractivity contribution is -0.132. The van der Waals surface area contributed by atoms with Gasteiger partial charge in [-0.2, -0.15) is 0 Å². The molecule has 0 saturated carbocycles. The van der Waals surface area contributed by atoms with E-state index < -0.39 is 0 Å². The van der Waals surface area contributed by atoms with Crippen LogP contribution in [0.4, 0.5) is 0 Å². The van der Waals surface area contributed by atoms with Gasteiger partial charge in [0.05, 0.1) is 19.8 Å². The number of hydrogen-bond acceptors (Lipinski definition) is 4. The number of carbonyl (C=O) groups is 1. The van der Waals surface area contributed by atoms with E-state index in [1.54, 1.807) is 0 Å². The van der Waals surface area contributed by atoms with Crippen molar-refractivity contribution in [1.29, 1.82) is 0 Å². The number of aromatic amines is 1. The van der Waals surface area contributed by atoms with Crippen LogP contribution in [0.2, 0.25) is 0 Å². The smallest absolute Gasteiger partial charge is 0.222 e. The molecule has 32 heavy (non-hydrogen) atoms. The van der Waals surface area contributed by atoms with E-state index in [1.807, 2.05) is 0 Å². The average Bonchev–Trinajstić information content (AvgIpc) is 3.20. The van der Waals surface area contributed by atoms with Crippen LogP contribution in [-0.2, 0) is 22.5 Å². The maximum Gasteiger partial charge on any atom is 0.222 e. The largest absolute Gasteiger partial charge is 0.379 e. The van der Waals surface area contributed by atoms with Crippen molar-refractivity contribution in [3.8, 4) is 0 Å². The van der Waals surface area contributed by atoms with Gasteiger partial charge < -0.3 is 19.5 Å².